The molecular formula is C19H15N5O2. The zero-order chi connectivity index (χ0) is 18.4. The van der Waals surface area contributed by atoms with Crippen molar-refractivity contribution < 1.29 is 9.53 Å². The Morgan fingerprint density at radius 2 is 1.85 bits per heavy atom. The molecule has 0 atom stereocenters. The number of ether oxygens (including phenoxy) is 1. The maximum absolute atomic E-state index is 12.3. The average molecular weight is 345 g/mol. The number of nitrogens with one attached hydrogen (secondary N) is 2. The van der Waals surface area contributed by atoms with Gasteiger partial charge in [0.05, 0.1) is 36.8 Å². The van der Waals surface area contributed by atoms with Gasteiger partial charge in [-0.25, -0.2) is 9.97 Å². The van der Waals surface area contributed by atoms with Crippen molar-refractivity contribution in [1.82, 2.24) is 9.97 Å². The van der Waals surface area contributed by atoms with Crippen LogP contribution in [0.5, 0.6) is 5.75 Å². The largest absolute Gasteiger partial charge is 0.495 e. The highest BCUT2D eigenvalue weighted by molar-refractivity contribution is 6.03. The summed E-state index contributed by atoms with van der Waals surface area (Å²) in [5.41, 5.74) is 2.08. The Morgan fingerprint density at radius 1 is 1.08 bits per heavy atom. The molecule has 1 amide bonds. The van der Waals surface area contributed by atoms with Crippen LogP contribution in [0.2, 0.25) is 0 Å². The van der Waals surface area contributed by atoms with E-state index in [1.807, 2.05) is 6.07 Å². The minimum atomic E-state index is -0.382. The molecule has 0 aliphatic carbocycles. The second-order valence-electron chi connectivity index (χ2n) is 5.26. The Kier molecular flexibility index (Phi) is 5.05. The molecule has 0 saturated heterocycles. The molecule has 128 valence electrons. The predicted molar refractivity (Wildman–Crippen MR) is 97.4 cm³/mol. The van der Waals surface area contributed by atoms with Crippen LogP contribution in [0.3, 0.4) is 0 Å². The third-order valence-electron chi connectivity index (χ3n) is 3.53. The van der Waals surface area contributed by atoms with Gasteiger partial charge in [0, 0.05) is 5.69 Å². The molecule has 0 spiro atoms. The van der Waals surface area contributed by atoms with Crippen LogP contribution in [0.1, 0.15) is 16.1 Å². The predicted octanol–water partition coefficient (Wildman–Crippen LogP) is 3.35. The summed E-state index contributed by atoms with van der Waals surface area (Å²) < 4.78 is 5.20. The Balaban J connectivity index is 1.68. The summed E-state index contributed by atoms with van der Waals surface area (Å²) in [4.78, 5) is 20.6. The molecule has 1 aromatic heterocycles. The van der Waals surface area contributed by atoms with Crippen molar-refractivity contribution in [3.8, 4) is 11.8 Å². The van der Waals surface area contributed by atoms with Gasteiger partial charge in [0.2, 0.25) is 0 Å². The van der Waals surface area contributed by atoms with Crippen molar-refractivity contribution in [2.75, 3.05) is 17.7 Å². The van der Waals surface area contributed by atoms with Crippen molar-refractivity contribution in [1.29, 1.82) is 5.26 Å². The summed E-state index contributed by atoms with van der Waals surface area (Å²) in [5.74, 6) is 0.670. The number of hydrogen-bond donors (Lipinski definition) is 2. The molecule has 7 nitrogen and oxygen atoms in total. The standard InChI is InChI=1S/C19H15N5O2/c1-26-17-5-3-2-4-15(17)24-19(25)16-11-22-18(12-21-16)23-14-8-6-13(10-20)7-9-14/h2-9,11-12H,1H3,(H,22,23)(H,24,25). The van der Waals surface area contributed by atoms with Crippen LogP contribution in [0.25, 0.3) is 0 Å². The molecule has 0 bridgehead atoms. The van der Waals surface area contributed by atoms with Gasteiger partial charge < -0.3 is 15.4 Å². The van der Waals surface area contributed by atoms with Crippen LogP contribution in [-0.4, -0.2) is 23.0 Å². The Hall–Kier alpha value is -3.92. The number of rotatable bonds is 5. The fraction of sp³-hybridized carbons (Fsp3) is 0.0526. The van der Waals surface area contributed by atoms with Crippen LogP contribution in [0.15, 0.2) is 60.9 Å². The number of carbonyl (C=O) groups excluding carboxylic acids is 1. The van der Waals surface area contributed by atoms with Gasteiger partial charge in [-0.2, -0.15) is 5.26 Å². The summed E-state index contributed by atoms with van der Waals surface area (Å²) in [6, 6.07) is 16.1. The maximum atomic E-state index is 12.3. The first kappa shape index (κ1) is 16.9. The van der Waals surface area contributed by atoms with Crippen molar-refractivity contribution in [3.05, 3.63) is 72.2 Å². The normalized spacial score (nSPS) is 9.85. The molecule has 1 heterocycles. The van der Waals surface area contributed by atoms with E-state index < -0.39 is 0 Å². The molecule has 26 heavy (non-hydrogen) atoms. The van der Waals surface area contributed by atoms with E-state index in [0.717, 1.165) is 5.69 Å². The van der Waals surface area contributed by atoms with Crippen LogP contribution in [0.4, 0.5) is 17.2 Å². The summed E-state index contributed by atoms with van der Waals surface area (Å²) in [6.45, 7) is 0. The third-order valence-corrected chi connectivity index (χ3v) is 3.53. The third kappa shape index (κ3) is 3.94. The highest BCUT2D eigenvalue weighted by Gasteiger charge is 2.11. The van der Waals surface area contributed by atoms with Gasteiger partial charge in [0.15, 0.2) is 0 Å². The second-order valence-corrected chi connectivity index (χ2v) is 5.26. The van der Waals surface area contributed by atoms with Crippen LogP contribution in [-0.2, 0) is 0 Å². The number of nitriles is 1. The van der Waals surface area contributed by atoms with Crippen LogP contribution >= 0.6 is 0 Å². The molecule has 2 aromatic carbocycles. The van der Waals surface area contributed by atoms with Crippen molar-refractivity contribution in [2.45, 2.75) is 0 Å². The van der Waals surface area contributed by atoms with Gasteiger partial charge in [0.25, 0.3) is 5.91 Å². The minimum Gasteiger partial charge on any atom is -0.495 e. The lowest BCUT2D eigenvalue weighted by Gasteiger charge is -2.09. The number of methoxy groups -OCH3 is 1. The smallest absolute Gasteiger partial charge is 0.275 e. The number of nitrogens with zero attached hydrogens (tertiary/aromatic N) is 3. The first-order valence-electron chi connectivity index (χ1n) is 7.73. The second kappa shape index (κ2) is 7.77. The van der Waals surface area contributed by atoms with Gasteiger partial charge in [-0.3, -0.25) is 4.79 Å². The van der Waals surface area contributed by atoms with E-state index in [9.17, 15) is 4.79 Å². The highest BCUT2D eigenvalue weighted by Crippen LogP contribution is 2.23. The van der Waals surface area contributed by atoms with E-state index in [-0.39, 0.29) is 11.6 Å². The van der Waals surface area contributed by atoms with E-state index in [0.29, 0.717) is 22.8 Å². The Labute approximate surface area is 150 Å². The number of amides is 1. The van der Waals surface area contributed by atoms with Gasteiger partial charge in [-0.1, -0.05) is 12.1 Å². The topological polar surface area (TPSA) is 99.9 Å². The summed E-state index contributed by atoms with van der Waals surface area (Å²) >= 11 is 0. The summed E-state index contributed by atoms with van der Waals surface area (Å²) in [6.07, 6.45) is 2.85. The molecule has 0 unspecified atom stereocenters. The highest BCUT2D eigenvalue weighted by atomic mass is 16.5. The van der Waals surface area contributed by atoms with Crippen LogP contribution < -0.4 is 15.4 Å². The maximum Gasteiger partial charge on any atom is 0.275 e. The molecule has 0 aliphatic rings. The number of aromatic nitrogens is 2. The summed E-state index contributed by atoms with van der Waals surface area (Å²) in [5, 5.41) is 14.6. The van der Waals surface area contributed by atoms with E-state index in [1.54, 1.807) is 42.5 Å². The molecule has 0 fully saturated rings. The number of para-hydroxylation sites is 2. The van der Waals surface area contributed by atoms with E-state index in [1.165, 1.54) is 19.5 Å². The Morgan fingerprint density at radius 3 is 2.50 bits per heavy atom. The average Bonchev–Trinajstić information content (AvgIpc) is 2.69. The lowest BCUT2D eigenvalue weighted by atomic mass is 10.2. The van der Waals surface area contributed by atoms with Gasteiger partial charge in [-0.05, 0) is 36.4 Å². The number of carbonyl (C=O) groups is 1. The fourth-order valence-electron chi connectivity index (χ4n) is 2.22. The van der Waals surface area contributed by atoms with Gasteiger partial charge >= 0.3 is 0 Å². The molecule has 0 aliphatic heterocycles. The molecule has 3 rings (SSSR count). The molecule has 0 saturated carbocycles. The molecule has 0 radical (unpaired) electrons. The van der Waals surface area contributed by atoms with Gasteiger partial charge in [-0.15, -0.1) is 0 Å². The number of anilines is 3. The summed E-state index contributed by atoms with van der Waals surface area (Å²) in [7, 11) is 1.54. The van der Waals surface area contributed by atoms with Crippen LogP contribution in [0, 0.1) is 11.3 Å². The van der Waals surface area contributed by atoms with Gasteiger partial charge in [0.1, 0.15) is 17.3 Å². The minimum absolute atomic E-state index is 0.182. The quantitative estimate of drug-likeness (QED) is 0.735. The van der Waals surface area contributed by atoms with Crippen molar-refractivity contribution in [2.24, 2.45) is 0 Å². The first-order valence-corrected chi connectivity index (χ1v) is 7.73. The van der Waals surface area contributed by atoms with E-state index in [4.69, 9.17) is 10.00 Å². The molecule has 3 aromatic rings. The fourth-order valence-corrected chi connectivity index (χ4v) is 2.22. The van der Waals surface area contributed by atoms with E-state index >= 15 is 0 Å². The lowest BCUT2D eigenvalue weighted by Crippen LogP contribution is -2.14. The first-order chi connectivity index (χ1) is 12.7. The monoisotopic (exact) mass is 345 g/mol. The SMILES string of the molecule is COc1ccccc1NC(=O)c1cnc(Nc2ccc(C#N)cc2)cn1. The lowest BCUT2D eigenvalue weighted by molar-refractivity contribution is 0.102. The molecule has 7 heteroatoms. The Bertz CT molecular complexity index is 947. The molecular weight excluding hydrogens is 330 g/mol. The molecule has 2 N–H and O–H groups in total. The zero-order valence-corrected chi connectivity index (χ0v) is 13.9. The van der Waals surface area contributed by atoms with Crippen molar-refractivity contribution in [3.63, 3.8) is 0 Å². The van der Waals surface area contributed by atoms with Crippen molar-refractivity contribution >= 4 is 23.1 Å². The van der Waals surface area contributed by atoms with E-state index in [2.05, 4.69) is 26.7 Å². The number of hydrogen-bond acceptors (Lipinski definition) is 6. The number of benzene rings is 2. The zero-order valence-electron chi connectivity index (χ0n) is 13.9.